The Morgan fingerprint density at radius 2 is 1.58 bits per heavy atom. The van der Waals surface area contributed by atoms with Crippen LogP contribution in [0.15, 0.2) is 54.6 Å². The zero-order valence-corrected chi connectivity index (χ0v) is 15.3. The van der Waals surface area contributed by atoms with E-state index in [9.17, 15) is 9.59 Å². The Hall–Kier alpha value is -2.37. The number of amides is 2. The maximum Gasteiger partial charge on any atom is 0.255 e. The Labute approximate surface area is 159 Å². The van der Waals surface area contributed by atoms with Crippen LogP contribution in [0.5, 0.6) is 0 Å². The summed E-state index contributed by atoms with van der Waals surface area (Å²) in [7, 11) is 0. The minimum absolute atomic E-state index is 0. The maximum atomic E-state index is 12.2. The van der Waals surface area contributed by atoms with Crippen molar-refractivity contribution in [1.82, 2.24) is 0 Å². The molecule has 0 aromatic heterocycles. The highest BCUT2D eigenvalue weighted by molar-refractivity contribution is 6.04. The molecule has 2 aromatic carbocycles. The maximum absolute atomic E-state index is 12.2. The van der Waals surface area contributed by atoms with Crippen LogP contribution in [0, 0.1) is 5.92 Å². The van der Waals surface area contributed by atoms with Crippen molar-refractivity contribution in [2.24, 2.45) is 11.7 Å². The van der Waals surface area contributed by atoms with Crippen molar-refractivity contribution in [2.75, 3.05) is 10.6 Å². The lowest BCUT2D eigenvalue weighted by Gasteiger charge is -2.14. The molecule has 6 heteroatoms. The average Bonchev–Trinajstić information content (AvgIpc) is 3.01. The lowest BCUT2D eigenvalue weighted by Crippen LogP contribution is -2.28. The van der Waals surface area contributed by atoms with Crippen molar-refractivity contribution >= 4 is 35.6 Å². The molecule has 4 N–H and O–H groups in total. The van der Waals surface area contributed by atoms with E-state index in [0.29, 0.717) is 17.7 Å². The first kappa shape index (κ1) is 19.9. The first-order chi connectivity index (χ1) is 12.1. The standard InChI is InChI=1S/C20H23N3O2.ClH/c21-18-8-4-5-15(18)13-19(24)22-17-11-9-14(10-12-17)20(25)23-16-6-2-1-3-7-16;/h1-3,6-7,9-12,15,18H,4-5,8,13,21H2,(H,22,24)(H,23,25);1H/t15-,18+;/m0./s1. The Morgan fingerprint density at radius 3 is 2.19 bits per heavy atom. The SMILES string of the molecule is Cl.N[C@@H]1CCC[C@H]1CC(=O)Nc1ccc(C(=O)Nc2ccccc2)cc1. The first-order valence-corrected chi connectivity index (χ1v) is 8.64. The Balaban J connectivity index is 0.00000243. The van der Waals surface area contributed by atoms with E-state index in [-0.39, 0.29) is 36.2 Å². The summed E-state index contributed by atoms with van der Waals surface area (Å²) >= 11 is 0. The molecular weight excluding hydrogens is 350 g/mol. The normalized spacial score (nSPS) is 18.7. The van der Waals surface area contributed by atoms with Gasteiger partial charge in [-0.15, -0.1) is 12.4 Å². The quantitative estimate of drug-likeness (QED) is 0.744. The molecule has 1 saturated carbocycles. The summed E-state index contributed by atoms with van der Waals surface area (Å²) in [6.45, 7) is 0. The molecule has 0 saturated heterocycles. The summed E-state index contributed by atoms with van der Waals surface area (Å²) in [6.07, 6.45) is 3.58. The number of nitrogens with two attached hydrogens (primary N) is 1. The van der Waals surface area contributed by atoms with Crippen LogP contribution in [-0.4, -0.2) is 17.9 Å². The third-order valence-electron chi connectivity index (χ3n) is 4.63. The summed E-state index contributed by atoms with van der Waals surface area (Å²) in [5, 5.41) is 5.71. The molecule has 2 aromatic rings. The van der Waals surface area contributed by atoms with E-state index in [2.05, 4.69) is 10.6 Å². The number of nitrogens with one attached hydrogen (secondary N) is 2. The summed E-state index contributed by atoms with van der Waals surface area (Å²) in [5.41, 5.74) is 7.99. The van der Waals surface area contributed by atoms with Crippen LogP contribution in [0.3, 0.4) is 0 Å². The number of benzene rings is 2. The molecule has 2 atom stereocenters. The number of carbonyl (C=O) groups excluding carboxylic acids is 2. The number of hydrogen-bond donors (Lipinski definition) is 3. The predicted molar refractivity (Wildman–Crippen MR) is 107 cm³/mol. The van der Waals surface area contributed by atoms with Crippen LogP contribution in [0.25, 0.3) is 0 Å². The highest BCUT2D eigenvalue weighted by Crippen LogP contribution is 2.27. The fourth-order valence-electron chi connectivity index (χ4n) is 3.20. The number of para-hydroxylation sites is 1. The number of carbonyl (C=O) groups is 2. The van der Waals surface area contributed by atoms with Crippen LogP contribution in [0.1, 0.15) is 36.0 Å². The van der Waals surface area contributed by atoms with Gasteiger partial charge >= 0.3 is 0 Å². The number of hydrogen-bond acceptors (Lipinski definition) is 3. The highest BCUT2D eigenvalue weighted by Gasteiger charge is 2.26. The van der Waals surface area contributed by atoms with Crippen molar-refractivity contribution < 1.29 is 9.59 Å². The molecule has 5 nitrogen and oxygen atoms in total. The van der Waals surface area contributed by atoms with Crippen molar-refractivity contribution in [3.8, 4) is 0 Å². The van der Waals surface area contributed by atoms with E-state index in [4.69, 9.17) is 5.73 Å². The van der Waals surface area contributed by atoms with Crippen LogP contribution in [0.2, 0.25) is 0 Å². The molecule has 1 aliphatic rings. The third kappa shape index (κ3) is 5.31. The number of rotatable bonds is 5. The lowest BCUT2D eigenvalue weighted by molar-refractivity contribution is -0.117. The molecule has 1 aliphatic carbocycles. The van der Waals surface area contributed by atoms with Gasteiger partial charge in [0.15, 0.2) is 0 Å². The second kappa shape index (κ2) is 9.36. The molecule has 0 radical (unpaired) electrons. The van der Waals surface area contributed by atoms with Gasteiger partial charge in [-0.25, -0.2) is 0 Å². The summed E-state index contributed by atoms with van der Waals surface area (Å²) in [6, 6.07) is 16.3. The van der Waals surface area contributed by atoms with Crippen molar-refractivity contribution in [1.29, 1.82) is 0 Å². The molecular formula is C20H24ClN3O2. The van der Waals surface area contributed by atoms with Gasteiger partial charge in [0.1, 0.15) is 0 Å². The minimum Gasteiger partial charge on any atom is -0.327 e. The van der Waals surface area contributed by atoms with Crippen LogP contribution in [0.4, 0.5) is 11.4 Å². The van der Waals surface area contributed by atoms with E-state index in [1.807, 2.05) is 30.3 Å². The molecule has 0 heterocycles. The van der Waals surface area contributed by atoms with E-state index in [0.717, 1.165) is 24.9 Å². The predicted octanol–water partition coefficient (Wildman–Crippen LogP) is 3.82. The van der Waals surface area contributed by atoms with Gasteiger partial charge in [0.2, 0.25) is 5.91 Å². The van der Waals surface area contributed by atoms with Gasteiger partial charge in [-0.05, 0) is 55.2 Å². The fraction of sp³-hybridized carbons (Fsp3) is 0.300. The van der Waals surface area contributed by atoms with E-state index >= 15 is 0 Å². The fourth-order valence-corrected chi connectivity index (χ4v) is 3.20. The van der Waals surface area contributed by atoms with Crippen molar-refractivity contribution in [3.05, 3.63) is 60.2 Å². The summed E-state index contributed by atoms with van der Waals surface area (Å²) in [4.78, 5) is 24.3. The topological polar surface area (TPSA) is 84.2 Å². The second-order valence-electron chi connectivity index (χ2n) is 6.50. The molecule has 1 fully saturated rings. The molecule has 0 unspecified atom stereocenters. The van der Waals surface area contributed by atoms with E-state index < -0.39 is 0 Å². The highest BCUT2D eigenvalue weighted by atomic mass is 35.5. The van der Waals surface area contributed by atoms with Gasteiger partial charge in [0.05, 0.1) is 0 Å². The zero-order valence-electron chi connectivity index (χ0n) is 14.5. The summed E-state index contributed by atoms with van der Waals surface area (Å²) < 4.78 is 0. The minimum atomic E-state index is -0.180. The van der Waals surface area contributed by atoms with E-state index in [1.165, 1.54) is 0 Å². The Morgan fingerprint density at radius 1 is 0.923 bits per heavy atom. The Bertz CT molecular complexity index is 734. The van der Waals surface area contributed by atoms with E-state index in [1.54, 1.807) is 24.3 Å². The van der Waals surface area contributed by atoms with Crippen LogP contribution < -0.4 is 16.4 Å². The number of anilines is 2. The van der Waals surface area contributed by atoms with Gasteiger partial charge in [0, 0.05) is 29.4 Å². The van der Waals surface area contributed by atoms with Crippen LogP contribution >= 0.6 is 12.4 Å². The van der Waals surface area contributed by atoms with Gasteiger partial charge in [-0.3, -0.25) is 9.59 Å². The Kier molecular flexibility index (Phi) is 7.18. The lowest BCUT2D eigenvalue weighted by atomic mass is 10.00. The molecule has 3 rings (SSSR count). The van der Waals surface area contributed by atoms with Crippen molar-refractivity contribution in [2.45, 2.75) is 31.7 Å². The monoisotopic (exact) mass is 373 g/mol. The van der Waals surface area contributed by atoms with Gasteiger partial charge in [-0.2, -0.15) is 0 Å². The zero-order chi connectivity index (χ0) is 17.6. The first-order valence-electron chi connectivity index (χ1n) is 8.64. The summed E-state index contributed by atoms with van der Waals surface area (Å²) in [5.74, 6) is 0.0702. The number of halogens is 1. The smallest absolute Gasteiger partial charge is 0.255 e. The second-order valence-corrected chi connectivity index (χ2v) is 6.50. The molecule has 0 aliphatic heterocycles. The third-order valence-corrected chi connectivity index (χ3v) is 4.63. The largest absolute Gasteiger partial charge is 0.327 e. The van der Waals surface area contributed by atoms with Gasteiger partial charge < -0.3 is 16.4 Å². The molecule has 138 valence electrons. The average molecular weight is 374 g/mol. The van der Waals surface area contributed by atoms with Crippen molar-refractivity contribution in [3.63, 3.8) is 0 Å². The van der Waals surface area contributed by atoms with Crippen LogP contribution in [-0.2, 0) is 4.79 Å². The molecule has 0 spiro atoms. The molecule has 0 bridgehead atoms. The molecule has 2 amide bonds. The van der Waals surface area contributed by atoms with Gasteiger partial charge in [0.25, 0.3) is 5.91 Å². The van der Waals surface area contributed by atoms with Gasteiger partial charge in [-0.1, -0.05) is 24.6 Å². The molecule has 26 heavy (non-hydrogen) atoms.